The predicted octanol–water partition coefficient (Wildman–Crippen LogP) is 1.85. The summed E-state index contributed by atoms with van der Waals surface area (Å²) in [6.45, 7) is 7.12. The molecular formula is C14H20N2O2S. The van der Waals surface area contributed by atoms with Gasteiger partial charge in [0.15, 0.2) is 0 Å². The first-order valence-electron chi connectivity index (χ1n) is 5.99. The number of nitrogens with one attached hydrogen (secondary N) is 1. The highest BCUT2D eigenvalue weighted by atomic mass is 32.2. The normalized spacial score (nSPS) is 11.6. The van der Waals surface area contributed by atoms with Crippen LogP contribution in [0.2, 0.25) is 0 Å². The quantitative estimate of drug-likeness (QED) is 0.812. The second kappa shape index (κ2) is 5.64. The molecule has 0 aliphatic rings. The van der Waals surface area contributed by atoms with E-state index in [9.17, 15) is 8.42 Å². The van der Waals surface area contributed by atoms with Gasteiger partial charge >= 0.3 is 0 Å². The molecule has 0 aromatic heterocycles. The lowest BCUT2D eigenvalue weighted by atomic mass is 10.1. The molecule has 0 spiro atoms. The van der Waals surface area contributed by atoms with Crippen molar-refractivity contribution in [2.75, 3.05) is 11.3 Å². The van der Waals surface area contributed by atoms with Crippen molar-refractivity contribution in [2.24, 2.45) is 5.73 Å². The van der Waals surface area contributed by atoms with Crippen LogP contribution in [0.5, 0.6) is 0 Å². The Hall–Kier alpha value is -1.51. The molecule has 0 atom stereocenters. The third kappa shape index (κ3) is 3.98. The van der Waals surface area contributed by atoms with E-state index in [0.717, 1.165) is 11.1 Å². The van der Waals surface area contributed by atoms with E-state index in [1.807, 2.05) is 13.0 Å². The van der Waals surface area contributed by atoms with Gasteiger partial charge in [-0.25, -0.2) is 8.42 Å². The molecule has 104 valence electrons. The predicted molar refractivity (Wildman–Crippen MR) is 79.4 cm³/mol. The molecule has 4 nitrogen and oxygen atoms in total. The van der Waals surface area contributed by atoms with Gasteiger partial charge in [-0.1, -0.05) is 11.8 Å². The molecule has 0 heterocycles. The standard InChI is InChI=1S/C14H20N2O2S/c1-11-10-12(6-5-9-15)7-8-13(11)16-19(17,18)14(2,3)4/h7-8,10,16H,9,15H2,1-4H3. The van der Waals surface area contributed by atoms with Gasteiger partial charge in [0, 0.05) is 5.56 Å². The molecule has 19 heavy (non-hydrogen) atoms. The molecule has 0 saturated carbocycles. The lowest BCUT2D eigenvalue weighted by Gasteiger charge is -2.21. The highest BCUT2D eigenvalue weighted by Crippen LogP contribution is 2.22. The minimum Gasteiger partial charge on any atom is -0.320 e. The van der Waals surface area contributed by atoms with Crippen LogP contribution in [0.1, 0.15) is 31.9 Å². The zero-order valence-electron chi connectivity index (χ0n) is 11.7. The Labute approximate surface area is 115 Å². The molecule has 1 aromatic rings. The summed E-state index contributed by atoms with van der Waals surface area (Å²) in [5.74, 6) is 5.68. The first-order chi connectivity index (χ1) is 8.67. The van der Waals surface area contributed by atoms with Crippen LogP contribution in [0.4, 0.5) is 5.69 Å². The summed E-state index contributed by atoms with van der Waals surface area (Å²) in [6.07, 6.45) is 0. The molecule has 3 N–H and O–H groups in total. The number of sulfonamides is 1. The minimum absolute atomic E-state index is 0.303. The van der Waals surface area contributed by atoms with Crippen LogP contribution in [-0.2, 0) is 10.0 Å². The summed E-state index contributed by atoms with van der Waals surface area (Å²) >= 11 is 0. The Bertz CT molecular complexity index is 617. The zero-order valence-corrected chi connectivity index (χ0v) is 12.6. The summed E-state index contributed by atoms with van der Waals surface area (Å²) in [7, 11) is -3.41. The molecule has 5 heteroatoms. The van der Waals surface area contributed by atoms with Crippen LogP contribution in [0.15, 0.2) is 18.2 Å². The fourth-order valence-electron chi connectivity index (χ4n) is 1.31. The molecular weight excluding hydrogens is 260 g/mol. The average Bonchev–Trinajstić information content (AvgIpc) is 2.28. The molecule has 0 aliphatic heterocycles. The van der Waals surface area contributed by atoms with Gasteiger partial charge in [0.05, 0.1) is 17.0 Å². The summed E-state index contributed by atoms with van der Waals surface area (Å²) in [4.78, 5) is 0. The summed E-state index contributed by atoms with van der Waals surface area (Å²) in [5.41, 5.74) is 7.54. The van der Waals surface area contributed by atoms with Gasteiger partial charge in [-0.3, -0.25) is 4.72 Å². The van der Waals surface area contributed by atoms with E-state index in [-0.39, 0.29) is 0 Å². The van der Waals surface area contributed by atoms with Crippen molar-refractivity contribution >= 4 is 15.7 Å². The van der Waals surface area contributed by atoms with Gasteiger partial charge in [0.2, 0.25) is 10.0 Å². The monoisotopic (exact) mass is 280 g/mol. The Morgan fingerprint density at radius 1 is 1.32 bits per heavy atom. The number of aryl methyl sites for hydroxylation is 1. The number of hydrogen-bond donors (Lipinski definition) is 2. The van der Waals surface area contributed by atoms with Crippen molar-refractivity contribution in [1.29, 1.82) is 0 Å². The van der Waals surface area contributed by atoms with Crippen LogP contribution >= 0.6 is 0 Å². The van der Waals surface area contributed by atoms with E-state index in [1.165, 1.54) is 0 Å². The maximum absolute atomic E-state index is 12.1. The molecule has 1 aromatic carbocycles. The SMILES string of the molecule is Cc1cc(C#CCN)ccc1NS(=O)(=O)C(C)(C)C. The maximum Gasteiger partial charge on any atom is 0.237 e. The molecule has 0 aliphatic carbocycles. The van der Waals surface area contributed by atoms with E-state index in [1.54, 1.807) is 32.9 Å². The zero-order chi connectivity index (χ0) is 14.7. The first-order valence-corrected chi connectivity index (χ1v) is 7.47. The van der Waals surface area contributed by atoms with Crippen LogP contribution < -0.4 is 10.5 Å². The Morgan fingerprint density at radius 2 is 1.95 bits per heavy atom. The van der Waals surface area contributed by atoms with Crippen molar-refractivity contribution in [2.45, 2.75) is 32.4 Å². The van der Waals surface area contributed by atoms with E-state index >= 15 is 0 Å². The number of anilines is 1. The third-order valence-electron chi connectivity index (χ3n) is 2.61. The van der Waals surface area contributed by atoms with Crippen molar-refractivity contribution in [1.82, 2.24) is 0 Å². The number of rotatable bonds is 2. The molecule has 0 bridgehead atoms. The second-order valence-corrected chi connectivity index (χ2v) is 7.69. The van der Waals surface area contributed by atoms with Crippen molar-refractivity contribution < 1.29 is 8.42 Å². The molecule has 1 rings (SSSR count). The van der Waals surface area contributed by atoms with Gasteiger partial charge < -0.3 is 5.73 Å². The van der Waals surface area contributed by atoms with Crippen LogP contribution in [0.3, 0.4) is 0 Å². The van der Waals surface area contributed by atoms with Crippen LogP contribution in [0.25, 0.3) is 0 Å². The number of hydrogen-bond acceptors (Lipinski definition) is 3. The van der Waals surface area contributed by atoms with E-state index in [4.69, 9.17) is 5.73 Å². The third-order valence-corrected chi connectivity index (χ3v) is 4.71. The summed E-state index contributed by atoms with van der Waals surface area (Å²) in [5, 5.41) is 0. The largest absolute Gasteiger partial charge is 0.320 e. The van der Waals surface area contributed by atoms with E-state index < -0.39 is 14.8 Å². The highest BCUT2D eigenvalue weighted by Gasteiger charge is 2.29. The molecule has 0 radical (unpaired) electrons. The Morgan fingerprint density at radius 3 is 2.42 bits per heavy atom. The van der Waals surface area contributed by atoms with Crippen LogP contribution in [0, 0.1) is 18.8 Å². The van der Waals surface area contributed by atoms with Gasteiger partial charge in [0.1, 0.15) is 0 Å². The molecule has 0 fully saturated rings. The summed E-state index contributed by atoms with van der Waals surface area (Å²) < 4.78 is 25.9. The van der Waals surface area contributed by atoms with Crippen molar-refractivity contribution in [3.63, 3.8) is 0 Å². The lowest BCUT2D eigenvalue weighted by molar-refractivity contribution is 0.566. The topological polar surface area (TPSA) is 72.2 Å². The second-order valence-electron chi connectivity index (χ2n) is 5.25. The van der Waals surface area contributed by atoms with E-state index in [2.05, 4.69) is 16.6 Å². The number of benzene rings is 1. The number of nitrogens with two attached hydrogens (primary N) is 1. The Balaban J connectivity index is 3.06. The van der Waals surface area contributed by atoms with Gasteiger partial charge in [-0.2, -0.15) is 0 Å². The molecule has 0 saturated heterocycles. The van der Waals surface area contributed by atoms with E-state index in [0.29, 0.717) is 12.2 Å². The lowest BCUT2D eigenvalue weighted by Crippen LogP contribution is -2.33. The maximum atomic E-state index is 12.1. The molecule has 0 unspecified atom stereocenters. The smallest absolute Gasteiger partial charge is 0.237 e. The highest BCUT2D eigenvalue weighted by molar-refractivity contribution is 7.94. The van der Waals surface area contributed by atoms with Gasteiger partial charge in [0.25, 0.3) is 0 Å². The van der Waals surface area contributed by atoms with Gasteiger partial charge in [-0.15, -0.1) is 0 Å². The minimum atomic E-state index is -3.41. The fraction of sp³-hybridized carbons (Fsp3) is 0.429. The summed E-state index contributed by atoms with van der Waals surface area (Å²) in [6, 6.07) is 5.33. The van der Waals surface area contributed by atoms with Gasteiger partial charge in [-0.05, 0) is 51.5 Å². The van der Waals surface area contributed by atoms with Crippen LogP contribution in [-0.4, -0.2) is 19.7 Å². The molecule has 0 amide bonds. The Kier molecular flexibility index (Phi) is 4.61. The van der Waals surface area contributed by atoms with Crippen molar-refractivity contribution in [3.8, 4) is 11.8 Å². The average molecular weight is 280 g/mol. The first kappa shape index (κ1) is 15.5. The van der Waals surface area contributed by atoms with Crippen molar-refractivity contribution in [3.05, 3.63) is 29.3 Å². The fourth-order valence-corrected chi connectivity index (χ4v) is 2.13.